The monoisotopic (exact) mass is 1100 g/mol. The van der Waals surface area contributed by atoms with E-state index in [9.17, 15) is 77.3 Å². The smallest absolute Gasteiger partial charge is 0.397 e. The molecule has 8 N–H and O–H groups in total. The lowest BCUT2D eigenvalue weighted by atomic mass is 9.95. The lowest BCUT2D eigenvalue weighted by Gasteiger charge is -2.50. The maximum atomic E-state index is 13.0. The molecule has 4 rings (SSSR count). The first-order valence-electron chi connectivity index (χ1n) is 19.0. The highest BCUT2D eigenvalue weighted by Crippen LogP contribution is 2.39. The second-order valence-corrected chi connectivity index (χ2v) is 18.8. The summed E-state index contributed by atoms with van der Waals surface area (Å²) in [6.45, 7) is -2.64. The molecule has 4 aliphatic heterocycles. The highest BCUT2D eigenvalue weighted by atomic mass is 32.3. The Bertz CT molecular complexity index is 2160. The molecule has 0 aromatic carbocycles. The lowest BCUT2D eigenvalue weighted by molar-refractivity contribution is -0.383. The fourth-order valence-electron chi connectivity index (χ4n) is 7.68. The van der Waals surface area contributed by atoms with Gasteiger partial charge >= 0.3 is 53.5 Å². The quantitative estimate of drug-likeness (QED) is 0.0417. The molecule has 1 unspecified atom stereocenters. The number of ether oxygens (including phenoxy) is 13. The van der Waals surface area contributed by atoms with Gasteiger partial charge in [-0.05, 0) is 0 Å². The SMILES string of the molecule is COC1[C@@H](OC)[C@@H](O[C@H]2[C@H](OC)[C@@H](OC)[C@H](O[C@@H]3[C@H](OS(=O)(=O)O)[C@@H](OS(=O)(=O)O)[C@@H](O[C@H]4[C@H](OC)[C@@H](OC)[C@H](O)O[C@H]4C(=O)O)O[C@@H]3COS(=O)(=O)O)O[C@@H]2C(=O)O)O[C@H](COS(=O)(=O)O)[C@H]1O. The summed E-state index contributed by atoms with van der Waals surface area (Å²) >= 11 is 0. The van der Waals surface area contributed by atoms with Gasteiger partial charge in [0, 0.05) is 42.7 Å². The predicted molar refractivity (Wildman–Crippen MR) is 205 cm³/mol. The molecule has 35 nitrogen and oxygen atoms in total. The molecule has 4 fully saturated rings. The Balaban J connectivity index is 1.84. The second-order valence-electron chi connectivity index (χ2n) is 14.5. The van der Waals surface area contributed by atoms with Crippen LogP contribution in [0, 0.1) is 0 Å². The molecule has 0 aromatic heterocycles. The summed E-state index contributed by atoms with van der Waals surface area (Å²) in [6.07, 6.45) is -42.2. The molecule has 404 valence electrons. The molecule has 4 saturated heterocycles. The number of rotatable bonds is 24. The summed E-state index contributed by atoms with van der Waals surface area (Å²) in [5.74, 6) is -3.84. The van der Waals surface area contributed by atoms with Gasteiger partial charge in [0.2, 0.25) is 0 Å². The van der Waals surface area contributed by atoms with E-state index in [0.29, 0.717) is 0 Å². The van der Waals surface area contributed by atoms with Crippen LogP contribution in [-0.4, -0.2) is 263 Å². The van der Waals surface area contributed by atoms with Crippen LogP contribution >= 0.6 is 0 Å². The van der Waals surface area contributed by atoms with Crippen molar-refractivity contribution in [1.82, 2.24) is 0 Å². The van der Waals surface area contributed by atoms with E-state index < -0.39 is 190 Å². The number of hydrogen-bond acceptors (Lipinski definition) is 29. The topological polar surface area (TPSA) is 489 Å². The summed E-state index contributed by atoms with van der Waals surface area (Å²) in [4.78, 5) is 25.3. The number of carboxylic acid groups (broad SMARTS) is 2. The first-order chi connectivity index (χ1) is 31.9. The highest BCUT2D eigenvalue weighted by Gasteiger charge is 2.60. The minimum Gasteiger partial charge on any atom is -0.479 e. The van der Waals surface area contributed by atoms with Crippen molar-refractivity contribution >= 4 is 53.5 Å². The van der Waals surface area contributed by atoms with Gasteiger partial charge < -0.3 is 82.0 Å². The van der Waals surface area contributed by atoms with Crippen LogP contribution < -0.4 is 0 Å². The normalized spacial score (nSPS) is 39.5. The molecule has 0 aliphatic carbocycles. The summed E-state index contributed by atoms with van der Waals surface area (Å²) in [5, 5.41) is 41.7. The maximum Gasteiger partial charge on any atom is 0.397 e. The zero-order valence-corrected chi connectivity index (χ0v) is 39.5. The molecule has 0 amide bonds. The number of aliphatic carboxylic acids is 2. The van der Waals surface area contributed by atoms with Crippen molar-refractivity contribution in [2.24, 2.45) is 0 Å². The van der Waals surface area contributed by atoms with Crippen molar-refractivity contribution in [3.05, 3.63) is 0 Å². The van der Waals surface area contributed by atoms with E-state index in [2.05, 4.69) is 12.5 Å². The van der Waals surface area contributed by atoms with E-state index in [-0.39, 0.29) is 0 Å². The van der Waals surface area contributed by atoms with Gasteiger partial charge in [0.15, 0.2) is 43.5 Å². The fraction of sp³-hybridized carbons (Fsp3) is 0.933. The summed E-state index contributed by atoms with van der Waals surface area (Å²) in [7, 11) is -16.6. The van der Waals surface area contributed by atoms with Gasteiger partial charge in [-0.15, -0.1) is 0 Å². The molecule has 0 radical (unpaired) electrons. The van der Waals surface area contributed by atoms with Gasteiger partial charge in [-0.2, -0.15) is 33.7 Å². The van der Waals surface area contributed by atoms with E-state index in [1.807, 2.05) is 0 Å². The molecular weight excluding hydrogens is 1050 g/mol. The average Bonchev–Trinajstić information content (AvgIpc) is 3.23. The largest absolute Gasteiger partial charge is 0.479 e. The number of carbonyl (C=O) groups is 2. The van der Waals surface area contributed by atoms with Crippen LogP contribution in [0.3, 0.4) is 0 Å². The highest BCUT2D eigenvalue weighted by molar-refractivity contribution is 7.81. The van der Waals surface area contributed by atoms with Gasteiger partial charge in [-0.3, -0.25) is 18.2 Å². The summed E-state index contributed by atoms with van der Waals surface area (Å²) in [5.41, 5.74) is 0. The first kappa shape index (κ1) is 59.4. The average molecular weight is 1100 g/mol. The van der Waals surface area contributed by atoms with Crippen LogP contribution in [0.4, 0.5) is 0 Å². The van der Waals surface area contributed by atoms with Gasteiger partial charge in [-0.1, -0.05) is 0 Å². The van der Waals surface area contributed by atoms with Gasteiger partial charge in [0.25, 0.3) is 0 Å². The van der Waals surface area contributed by atoms with Crippen molar-refractivity contribution in [2.45, 2.75) is 123 Å². The van der Waals surface area contributed by atoms with Crippen LogP contribution in [0.25, 0.3) is 0 Å². The number of methoxy groups -OCH3 is 6. The molecule has 0 saturated carbocycles. The number of carboxylic acids is 2. The van der Waals surface area contributed by atoms with Gasteiger partial charge in [0.05, 0.1) is 13.2 Å². The van der Waals surface area contributed by atoms with Crippen LogP contribution in [-0.2, 0) is 129 Å². The first-order valence-corrected chi connectivity index (χ1v) is 24.5. The third-order valence-corrected chi connectivity index (χ3v) is 12.2. The Kier molecular flexibility index (Phi) is 20.9. The Morgan fingerprint density at radius 3 is 1.22 bits per heavy atom. The van der Waals surface area contributed by atoms with Crippen LogP contribution in [0.5, 0.6) is 0 Å². The minimum atomic E-state index is -5.96. The number of hydrogen-bond donors (Lipinski definition) is 8. The van der Waals surface area contributed by atoms with E-state index in [0.717, 1.165) is 42.7 Å². The molecule has 69 heavy (non-hydrogen) atoms. The zero-order chi connectivity index (χ0) is 52.1. The molecular formula is C30H50O35S4. The van der Waals surface area contributed by atoms with E-state index >= 15 is 0 Å². The second kappa shape index (κ2) is 24.2. The minimum absolute atomic E-state index is 0.918. The lowest BCUT2D eigenvalue weighted by Crippen LogP contribution is -2.69. The van der Waals surface area contributed by atoms with Crippen molar-refractivity contribution in [1.29, 1.82) is 0 Å². The Hall–Kier alpha value is -2.18. The molecule has 20 atom stereocenters. The standard InChI is InChI=1S/C30H50O35S4/c1-49-13-11(31)9(7-55-66(37,38)39)57-28(22(13)53-5)61-17-15(51-3)23(54-6)29(63-20(17)26(34)35)60-12-10(8-56-67(40,41)42)58-30(24(65-69(46,47)48)18(12)64-68(43,44)45)62-16-14(50-2)21(52-4)27(36)59-19(16)25(32)33/h9-24,27-31,36H,7-8H2,1-6H3,(H,32,33)(H,34,35)(H,37,38,39)(H,40,41,42)(H,43,44,45)(H,46,47,48)/t9-,10-,11-,12+,13?,14+,15+,16+,17+,18+,19-,20+,21-,22-,23-,24-,27-,28-,29-,30-/m1/s1. The molecule has 0 aromatic rings. The third-order valence-electron chi connectivity index (χ3n) is 10.4. The number of aliphatic hydroxyl groups is 2. The van der Waals surface area contributed by atoms with Gasteiger partial charge in [0.1, 0.15) is 79.4 Å². The van der Waals surface area contributed by atoms with E-state index in [1.54, 1.807) is 0 Å². The summed E-state index contributed by atoms with van der Waals surface area (Å²) in [6, 6.07) is 0. The fourth-order valence-corrected chi connectivity index (χ4v) is 9.28. The van der Waals surface area contributed by atoms with E-state index in [4.69, 9.17) is 70.3 Å². The molecule has 0 spiro atoms. The van der Waals surface area contributed by atoms with Crippen LogP contribution in [0.1, 0.15) is 0 Å². The third kappa shape index (κ3) is 15.4. The molecule has 4 aliphatic rings. The maximum absolute atomic E-state index is 13.0. The zero-order valence-electron chi connectivity index (χ0n) is 36.2. The molecule has 4 heterocycles. The van der Waals surface area contributed by atoms with Crippen LogP contribution in [0.2, 0.25) is 0 Å². The van der Waals surface area contributed by atoms with Crippen molar-refractivity contribution < 1.29 is 160 Å². The number of aliphatic hydroxyl groups excluding tert-OH is 2. The van der Waals surface area contributed by atoms with Crippen molar-refractivity contribution in [3.63, 3.8) is 0 Å². The Labute approximate surface area is 391 Å². The van der Waals surface area contributed by atoms with Crippen molar-refractivity contribution in [2.75, 3.05) is 55.9 Å². The summed E-state index contributed by atoms with van der Waals surface area (Å²) < 4.78 is 224. The van der Waals surface area contributed by atoms with Crippen LogP contribution in [0.15, 0.2) is 0 Å². The van der Waals surface area contributed by atoms with Gasteiger partial charge in [-0.25, -0.2) is 26.3 Å². The van der Waals surface area contributed by atoms with E-state index in [1.165, 1.54) is 0 Å². The molecule has 39 heteroatoms. The molecule has 0 bridgehead atoms. The van der Waals surface area contributed by atoms with Crippen molar-refractivity contribution in [3.8, 4) is 0 Å². The predicted octanol–water partition coefficient (Wildman–Crippen LogP) is -6.33. The Morgan fingerprint density at radius 2 is 0.783 bits per heavy atom. The Morgan fingerprint density at radius 1 is 0.420 bits per heavy atom.